The van der Waals surface area contributed by atoms with Crippen molar-refractivity contribution in [2.75, 3.05) is 26.7 Å². The normalized spacial score (nSPS) is 20.8. The number of aromatic nitrogens is 2. The van der Waals surface area contributed by atoms with Crippen LogP contribution >= 0.6 is 0 Å². The van der Waals surface area contributed by atoms with Gasteiger partial charge in [0.05, 0.1) is 6.54 Å². The van der Waals surface area contributed by atoms with Crippen LogP contribution in [0.1, 0.15) is 30.1 Å². The number of likely N-dealkylation sites (tertiary alicyclic amines) is 1. The van der Waals surface area contributed by atoms with E-state index >= 15 is 0 Å². The average molecular weight is 358 g/mol. The van der Waals surface area contributed by atoms with E-state index < -0.39 is 5.60 Å². The van der Waals surface area contributed by atoms with Crippen molar-refractivity contribution in [2.45, 2.75) is 38.3 Å². The highest BCUT2D eigenvalue weighted by atomic mass is 16.5. The summed E-state index contributed by atoms with van der Waals surface area (Å²) in [6.45, 7) is 3.73. The van der Waals surface area contributed by atoms with Gasteiger partial charge >= 0.3 is 0 Å². The Labute approximate surface area is 153 Å². The van der Waals surface area contributed by atoms with Crippen LogP contribution in [0.15, 0.2) is 34.9 Å². The zero-order valence-corrected chi connectivity index (χ0v) is 15.4. The van der Waals surface area contributed by atoms with Crippen molar-refractivity contribution in [3.8, 4) is 0 Å². The number of rotatable bonds is 7. The minimum atomic E-state index is -1.36. The minimum absolute atomic E-state index is 0.187. The maximum absolute atomic E-state index is 12.9. The number of aliphatic hydroxyl groups is 1. The van der Waals surface area contributed by atoms with Crippen LogP contribution in [-0.2, 0) is 17.8 Å². The van der Waals surface area contributed by atoms with E-state index in [1.54, 1.807) is 11.8 Å². The van der Waals surface area contributed by atoms with Crippen LogP contribution in [0.25, 0.3) is 0 Å². The first-order valence-electron chi connectivity index (χ1n) is 9.00. The van der Waals surface area contributed by atoms with Crippen molar-refractivity contribution >= 4 is 5.91 Å². The van der Waals surface area contributed by atoms with Crippen molar-refractivity contribution in [3.63, 3.8) is 0 Å². The molecule has 0 bridgehead atoms. The van der Waals surface area contributed by atoms with Gasteiger partial charge in [0.1, 0.15) is 0 Å². The molecule has 1 N–H and O–H groups in total. The lowest BCUT2D eigenvalue weighted by molar-refractivity contribution is -0.159. The predicted molar refractivity (Wildman–Crippen MR) is 96.3 cm³/mol. The van der Waals surface area contributed by atoms with E-state index in [9.17, 15) is 9.90 Å². The zero-order chi connectivity index (χ0) is 18.6. The van der Waals surface area contributed by atoms with Gasteiger partial charge in [0, 0.05) is 19.6 Å². The number of amides is 1. The third-order valence-electron chi connectivity index (χ3n) is 4.72. The maximum atomic E-state index is 12.9. The predicted octanol–water partition coefficient (Wildman–Crippen LogP) is 1.41. The zero-order valence-electron chi connectivity index (χ0n) is 15.4. The molecule has 0 saturated carbocycles. The molecule has 1 aromatic heterocycles. The minimum Gasteiger partial charge on any atom is -0.379 e. The van der Waals surface area contributed by atoms with Crippen LogP contribution < -0.4 is 0 Å². The first-order chi connectivity index (χ1) is 12.5. The molecule has 1 aliphatic rings. The summed E-state index contributed by atoms with van der Waals surface area (Å²) in [6.07, 6.45) is 2.06. The summed E-state index contributed by atoms with van der Waals surface area (Å²) in [7, 11) is 1.84. The summed E-state index contributed by atoms with van der Waals surface area (Å²) >= 11 is 0. The number of aryl methyl sites for hydroxylation is 1. The highest BCUT2D eigenvalue weighted by Gasteiger charge is 2.42. The molecule has 2 aromatic rings. The van der Waals surface area contributed by atoms with Crippen molar-refractivity contribution < 1.29 is 14.4 Å². The highest BCUT2D eigenvalue weighted by molar-refractivity contribution is 5.86. The number of hydrogen-bond donors (Lipinski definition) is 1. The molecule has 0 aliphatic carbocycles. The van der Waals surface area contributed by atoms with Crippen molar-refractivity contribution in [3.05, 3.63) is 47.6 Å². The van der Waals surface area contributed by atoms with Crippen LogP contribution in [0.2, 0.25) is 0 Å². The van der Waals surface area contributed by atoms with E-state index in [2.05, 4.69) is 22.3 Å². The van der Waals surface area contributed by atoms with Gasteiger partial charge in [-0.3, -0.25) is 9.69 Å². The van der Waals surface area contributed by atoms with Gasteiger partial charge in [-0.1, -0.05) is 35.5 Å². The molecule has 3 rings (SSSR count). The number of nitrogens with zero attached hydrogens (tertiary/aromatic N) is 4. The van der Waals surface area contributed by atoms with E-state index in [4.69, 9.17) is 4.52 Å². The summed E-state index contributed by atoms with van der Waals surface area (Å²) in [5.41, 5.74) is -0.169. The number of piperidine rings is 1. The molecule has 26 heavy (non-hydrogen) atoms. The van der Waals surface area contributed by atoms with E-state index in [1.165, 1.54) is 5.56 Å². The van der Waals surface area contributed by atoms with Gasteiger partial charge in [0.25, 0.3) is 5.91 Å². The first kappa shape index (κ1) is 18.5. The van der Waals surface area contributed by atoms with E-state index in [0.29, 0.717) is 37.8 Å². The van der Waals surface area contributed by atoms with Crippen LogP contribution in [0, 0.1) is 6.92 Å². The standard InChI is InChI=1S/C19H26N4O3/c1-15-20-17(26-21-15)13-22(2)14-19(25)10-6-11-23(18(19)24)12-9-16-7-4-3-5-8-16/h3-5,7-8,25H,6,9-14H2,1-2H3/t19-/m1/s1. The second kappa shape index (κ2) is 7.97. The Morgan fingerprint density at radius 1 is 1.35 bits per heavy atom. The number of carbonyl (C=O) groups is 1. The smallest absolute Gasteiger partial charge is 0.255 e. The van der Waals surface area contributed by atoms with Gasteiger partial charge in [0.2, 0.25) is 5.89 Å². The van der Waals surface area contributed by atoms with E-state index in [0.717, 1.165) is 12.8 Å². The van der Waals surface area contributed by atoms with Crippen molar-refractivity contribution in [2.24, 2.45) is 0 Å². The SMILES string of the molecule is Cc1noc(CN(C)C[C@]2(O)CCCN(CCc3ccccc3)C2=O)n1. The fourth-order valence-electron chi connectivity index (χ4n) is 3.47. The van der Waals surface area contributed by atoms with E-state index in [-0.39, 0.29) is 12.5 Å². The Morgan fingerprint density at radius 3 is 2.81 bits per heavy atom. The van der Waals surface area contributed by atoms with Crippen LogP contribution in [0.3, 0.4) is 0 Å². The van der Waals surface area contributed by atoms with Crippen LogP contribution in [0.5, 0.6) is 0 Å². The van der Waals surface area contributed by atoms with Gasteiger partial charge in [-0.05, 0) is 38.8 Å². The number of benzene rings is 1. The van der Waals surface area contributed by atoms with Gasteiger partial charge < -0.3 is 14.5 Å². The lowest BCUT2D eigenvalue weighted by Gasteiger charge is -2.40. The second-order valence-corrected chi connectivity index (χ2v) is 7.07. The molecule has 2 heterocycles. The molecule has 0 unspecified atom stereocenters. The van der Waals surface area contributed by atoms with Crippen LogP contribution in [-0.4, -0.2) is 63.2 Å². The topological polar surface area (TPSA) is 82.7 Å². The lowest BCUT2D eigenvalue weighted by Crippen LogP contribution is -2.58. The molecule has 1 aromatic carbocycles. The maximum Gasteiger partial charge on any atom is 0.255 e. The molecule has 7 nitrogen and oxygen atoms in total. The largest absolute Gasteiger partial charge is 0.379 e. The summed E-state index contributed by atoms with van der Waals surface area (Å²) in [5.74, 6) is 0.874. The van der Waals surface area contributed by atoms with Crippen molar-refractivity contribution in [1.82, 2.24) is 19.9 Å². The molecule has 1 amide bonds. The van der Waals surface area contributed by atoms with Gasteiger partial charge in [-0.15, -0.1) is 0 Å². The van der Waals surface area contributed by atoms with Gasteiger partial charge in [-0.2, -0.15) is 4.98 Å². The summed E-state index contributed by atoms with van der Waals surface area (Å²) in [5, 5.41) is 14.7. The molecule has 140 valence electrons. The molecule has 7 heteroatoms. The number of likely N-dealkylation sites (N-methyl/N-ethyl adjacent to an activating group) is 1. The van der Waals surface area contributed by atoms with Crippen molar-refractivity contribution in [1.29, 1.82) is 0 Å². The van der Waals surface area contributed by atoms with Gasteiger partial charge in [-0.25, -0.2) is 0 Å². The van der Waals surface area contributed by atoms with Crippen LogP contribution in [0.4, 0.5) is 0 Å². The number of hydrogen-bond acceptors (Lipinski definition) is 6. The molecule has 1 fully saturated rings. The third kappa shape index (κ3) is 4.47. The molecular weight excluding hydrogens is 332 g/mol. The summed E-state index contributed by atoms with van der Waals surface area (Å²) < 4.78 is 5.11. The highest BCUT2D eigenvalue weighted by Crippen LogP contribution is 2.24. The molecule has 1 saturated heterocycles. The summed E-state index contributed by atoms with van der Waals surface area (Å²) in [6, 6.07) is 10.1. The Kier molecular flexibility index (Phi) is 5.68. The first-order valence-corrected chi connectivity index (χ1v) is 9.00. The number of carbonyl (C=O) groups excluding carboxylic acids is 1. The fraction of sp³-hybridized carbons (Fsp3) is 0.526. The Bertz CT molecular complexity index is 733. The molecular formula is C19H26N4O3. The Hall–Kier alpha value is -2.25. The molecule has 0 radical (unpaired) electrons. The monoisotopic (exact) mass is 358 g/mol. The quantitative estimate of drug-likeness (QED) is 0.806. The molecule has 1 aliphatic heterocycles. The Balaban J connectivity index is 1.58. The molecule has 1 atom stereocenters. The fourth-order valence-corrected chi connectivity index (χ4v) is 3.47. The summed E-state index contributed by atoms with van der Waals surface area (Å²) in [4.78, 5) is 20.7. The lowest BCUT2D eigenvalue weighted by atomic mass is 9.91. The van der Waals surface area contributed by atoms with E-state index in [1.807, 2.05) is 30.1 Å². The Morgan fingerprint density at radius 2 is 2.12 bits per heavy atom. The average Bonchev–Trinajstić information content (AvgIpc) is 3.02. The molecule has 0 spiro atoms. The van der Waals surface area contributed by atoms with Gasteiger partial charge in [0.15, 0.2) is 11.4 Å². The second-order valence-electron chi connectivity index (χ2n) is 7.07. The third-order valence-corrected chi connectivity index (χ3v) is 4.72.